The highest BCUT2D eigenvalue weighted by Crippen LogP contribution is 2.15. The standard InChI is InChI=1S/C18H23ClN4O2/c1-25-17-4-2-3-15(11-17)13-21-7-9-22(10-8-21)18(24)5-6-23-14-16(19)12-20-23/h2-4,11-12,14H,5-10,13H2,1H3. The Kier molecular flexibility index (Phi) is 5.94. The summed E-state index contributed by atoms with van der Waals surface area (Å²) in [6.45, 7) is 4.75. The zero-order valence-electron chi connectivity index (χ0n) is 14.4. The van der Waals surface area contributed by atoms with Gasteiger partial charge in [-0.15, -0.1) is 0 Å². The molecule has 6 nitrogen and oxygen atoms in total. The summed E-state index contributed by atoms with van der Waals surface area (Å²) in [5.74, 6) is 1.05. The Bertz CT molecular complexity index is 711. The molecule has 1 fully saturated rings. The number of hydrogen-bond acceptors (Lipinski definition) is 4. The van der Waals surface area contributed by atoms with E-state index < -0.39 is 0 Å². The number of benzene rings is 1. The van der Waals surface area contributed by atoms with Crippen LogP contribution >= 0.6 is 11.6 Å². The van der Waals surface area contributed by atoms with Crippen LogP contribution in [0.1, 0.15) is 12.0 Å². The highest BCUT2D eigenvalue weighted by molar-refractivity contribution is 6.30. The van der Waals surface area contributed by atoms with Gasteiger partial charge in [-0.2, -0.15) is 5.10 Å². The molecule has 1 aromatic carbocycles. The molecule has 134 valence electrons. The summed E-state index contributed by atoms with van der Waals surface area (Å²) in [6.07, 6.45) is 3.78. The number of aromatic nitrogens is 2. The van der Waals surface area contributed by atoms with E-state index in [-0.39, 0.29) is 5.91 Å². The van der Waals surface area contributed by atoms with Gasteiger partial charge >= 0.3 is 0 Å². The van der Waals surface area contributed by atoms with Gasteiger partial charge in [0.25, 0.3) is 0 Å². The average molecular weight is 363 g/mol. The molecule has 7 heteroatoms. The first-order chi connectivity index (χ1) is 12.1. The second-order valence-corrected chi connectivity index (χ2v) is 6.62. The van der Waals surface area contributed by atoms with Crippen LogP contribution in [-0.4, -0.2) is 58.8 Å². The van der Waals surface area contributed by atoms with E-state index in [1.54, 1.807) is 24.2 Å². The van der Waals surface area contributed by atoms with Gasteiger partial charge in [-0.25, -0.2) is 0 Å². The molecule has 2 heterocycles. The quantitative estimate of drug-likeness (QED) is 0.791. The van der Waals surface area contributed by atoms with Crippen molar-refractivity contribution in [3.05, 3.63) is 47.2 Å². The lowest BCUT2D eigenvalue weighted by Crippen LogP contribution is -2.48. The van der Waals surface area contributed by atoms with Gasteiger partial charge in [0.15, 0.2) is 0 Å². The third kappa shape index (κ3) is 4.96. The van der Waals surface area contributed by atoms with Crippen LogP contribution in [0.15, 0.2) is 36.7 Å². The van der Waals surface area contributed by atoms with Crippen LogP contribution in [0.2, 0.25) is 5.02 Å². The molecule has 0 atom stereocenters. The molecular formula is C18H23ClN4O2. The minimum absolute atomic E-state index is 0.174. The molecule has 1 aliphatic heterocycles. The fraction of sp³-hybridized carbons (Fsp3) is 0.444. The number of halogens is 1. The van der Waals surface area contributed by atoms with Crippen molar-refractivity contribution in [2.24, 2.45) is 0 Å². The first-order valence-corrected chi connectivity index (χ1v) is 8.83. The van der Waals surface area contributed by atoms with Gasteiger partial charge in [0.05, 0.1) is 18.3 Å². The molecule has 1 amide bonds. The van der Waals surface area contributed by atoms with Crippen molar-refractivity contribution < 1.29 is 9.53 Å². The average Bonchev–Trinajstić information content (AvgIpc) is 3.06. The van der Waals surface area contributed by atoms with Gasteiger partial charge in [0, 0.05) is 51.9 Å². The molecule has 25 heavy (non-hydrogen) atoms. The third-order valence-electron chi connectivity index (χ3n) is 4.42. The molecule has 3 rings (SSSR count). The number of carbonyl (C=O) groups excluding carboxylic acids is 1. The van der Waals surface area contributed by atoms with E-state index in [9.17, 15) is 4.79 Å². The summed E-state index contributed by atoms with van der Waals surface area (Å²) < 4.78 is 6.98. The Balaban J connectivity index is 1.43. The van der Waals surface area contributed by atoms with E-state index in [4.69, 9.17) is 16.3 Å². The van der Waals surface area contributed by atoms with Crippen LogP contribution in [0.25, 0.3) is 0 Å². The normalized spacial score (nSPS) is 15.4. The molecule has 1 aliphatic rings. The highest BCUT2D eigenvalue weighted by Gasteiger charge is 2.21. The molecule has 0 spiro atoms. The lowest BCUT2D eigenvalue weighted by molar-refractivity contribution is -0.133. The Morgan fingerprint density at radius 3 is 2.76 bits per heavy atom. The smallest absolute Gasteiger partial charge is 0.224 e. The Hall–Kier alpha value is -2.05. The second-order valence-electron chi connectivity index (χ2n) is 6.18. The van der Waals surface area contributed by atoms with Crippen LogP contribution in [0.3, 0.4) is 0 Å². The molecule has 0 N–H and O–H groups in total. The van der Waals surface area contributed by atoms with Gasteiger partial charge in [-0.3, -0.25) is 14.4 Å². The summed E-state index contributed by atoms with van der Waals surface area (Å²) in [6, 6.07) is 8.13. The molecule has 0 unspecified atom stereocenters. The SMILES string of the molecule is COc1cccc(CN2CCN(C(=O)CCn3cc(Cl)cn3)CC2)c1. The molecule has 0 saturated carbocycles. The number of aryl methyl sites for hydroxylation is 1. The van der Waals surface area contributed by atoms with Crippen molar-refractivity contribution >= 4 is 17.5 Å². The number of methoxy groups -OCH3 is 1. The summed E-state index contributed by atoms with van der Waals surface area (Å²) in [4.78, 5) is 16.6. The molecule has 1 saturated heterocycles. The topological polar surface area (TPSA) is 50.6 Å². The molecule has 0 bridgehead atoms. The highest BCUT2D eigenvalue weighted by atomic mass is 35.5. The zero-order valence-corrected chi connectivity index (χ0v) is 15.2. The van der Waals surface area contributed by atoms with Crippen molar-refractivity contribution in [3.63, 3.8) is 0 Å². The predicted octanol–water partition coefficient (Wildman–Crippen LogP) is 2.28. The van der Waals surface area contributed by atoms with Crippen molar-refractivity contribution in [3.8, 4) is 5.75 Å². The van der Waals surface area contributed by atoms with Crippen LogP contribution < -0.4 is 4.74 Å². The van der Waals surface area contributed by atoms with E-state index in [0.717, 1.165) is 38.5 Å². The monoisotopic (exact) mass is 362 g/mol. The predicted molar refractivity (Wildman–Crippen MR) is 96.7 cm³/mol. The van der Waals surface area contributed by atoms with Crippen molar-refractivity contribution in [2.45, 2.75) is 19.5 Å². The van der Waals surface area contributed by atoms with Crippen molar-refractivity contribution in [1.82, 2.24) is 19.6 Å². The van der Waals surface area contributed by atoms with Gasteiger partial charge in [0.1, 0.15) is 5.75 Å². The number of ether oxygens (including phenoxy) is 1. The second kappa shape index (κ2) is 8.36. The van der Waals surface area contributed by atoms with Gasteiger partial charge in [-0.05, 0) is 17.7 Å². The lowest BCUT2D eigenvalue weighted by Gasteiger charge is -2.34. The van der Waals surface area contributed by atoms with E-state index in [2.05, 4.69) is 22.1 Å². The first kappa shape index (κ1) is 17.8. The molecule has 0 aliphatic carbocycles. The largest absolute Gasteiger partial charge is 0.497 e. The van der Waals surface area contributed by atoms with E-state index in [1.165, 1.54) is 5.56 Å². The lowest BCUT2D eigenvalue weighted by atomic mass is 10.2. The number of amides is 1. The number of nitrogens with zero attached hydrogens (tertiary/aromatic N) is 4. The fourth-order valence-corrected chi connectivity index (χ4v) is 3.17. The van der Waals surface area contributed by atoms with E-state index in [1.807, 2.05) is 17.0 Å². The minimum atomic E-state index is 0.174. The van der Waals surface area contributed by atoms with Crippen LogP contribution in [0.4, 0.5) is 0 Å². The molecular weight excluding hydrogens is 340 g/mol. The number of carbonyl (C=O) groups is 1. The van der Waals surface area contributed by atoms with Crippen LogP contribution in [-0.2, 0) is 17.9 Å². The summed E-state index contributed by atoms with van der Waals surface area (Å²) in [5, 5.41) is 4.70. The van der Waals surface area contributed by atoms with Crippen LogP contribution in [0.5, 0.6) is 5.75 Å². The number of piperazine rings is 1. The Labute approximate surface area is 152 Å². The minimum Gasteiger partial charge on any atom is -0.497 e. The Morgan fingerprint density at radius 1 is 1.28 bits per heavy atom. The molecule has 1 aromatic heterocycles. The van der Waals surface area contributed by atoms with Gasteiger partial charge in [0.2, 0.25) is 5.91 Å². The maximum Gasteiger partial charge on any atom is 0.224 e. The maximum absolute atomic E-state index is 12.3. The number of rotatable bonds is 6. The fourth-order valence-electron chi connectivity index (χ4n) is 3.01. The summed E-state index contributed by atoms with van der Waals surface area (Å²) in [7, 11) is 1.68. The first-order valence-electron chi connectivity index (χ1n) is 8.45. The van der Waals surface area contributed by atoms with E-state index >= 15 is 0 Å². The summed E-state index contributed by atoms with van der Waals surface area (Å²) >= 11 is 5.83. The molecule has 2 aromatic rings. The third-order valence-corrected chi connectivity index (χ3v) is 4.62. The Morgan fingerprint density at radius 2 is 2.08 bits per heavy atom. The number of hydrogen-bond donors (Lipinski definition) is 0. The van der Waals surface area contributed by atoms with Gasteiger partial charge < -0.3 is 9.64 Å². The summed E-state index contributed by atoms with van der Waals surface area (Å²) in [5.41, 5.74) is 1.23. The van der Waals surface area contributed by atoms with Crippen molar-refractivity contribution in [2.75, 3.05) is 33.3 Å². The van der Waals surface area contributed by atoms with Gasteiger partial charge in [-0.1, -0.05) is 23.7 Å². The zero-order chi connectivity index (χ0) is 17.6. The van der Waals surface area contributed by atoms with Crippen LogP contribution in [0, 0.1) is 0 Å². The molecule has 0 radical (unpaired) electrons. The van der Waals surface area contributed by atoms with E-state index in [0.29, 0.717) is 18.0 Å². The maximum atomic E-state index is 12.3. The van der Waals surface area contributed by atoms with Crippen molar-refractivity contribution in [1.29, 1.82) is 0 Å².